The largest absolute Gasteiger partial charge is 0.493 e. The van der Waals surface area contributed by atoms with E-state index in [-0.39, 0.29) is 5.78 Å². The Morgan fingerprint density at radius 3 is 2.32 bits per heavy atom. The fraction of sp³-hybridized carbons (Fsp3) is 0.167. The molecule has 0 aliphatic carbocycles. The van der Waals surface area contributed by atoms with Crippen LogP contribution in [0, 0.1) is 6.92 Å². The third-order valence-electron chi connectivity index (χ3n) is 3.20. The molecule has 22 heavy (non-hydrogen) atoms. The number of methoxy groups -OCH3 is 2. The molecule has 1 N–H and O–H groups in total. The number of hydrogen-bond acceptors (Lipinski definition) is 4. The van der Waals surface area contributed by atoms with E-state index in [2.05, 4.69) is 5.32 Å². The first-order valence-corrected chi connectivity index (χ1v) is 6.90. The van der Waals surface area contributed by atoms with E-state index in [4.69, 9.17) is 9.47 Å². The zero-order chi connectivity index (χ0) is 15.9. The Morgan fingerprint density at radius 1 is 1.00 bits per heavy atom. The molecule has 2 rings (SSSR count). The van der Waals surface area contributed by atoms with Crippen molar-refractivity contribution < 1.29 is 14.3 Å². The second kappa shape index (κ2) is 7.31. The van der Waals surface area contributed by atoms with Gasteiger partial charge in [-0.25, -0.2) is 0 Å². The summed E-state index contributed by atoms with van der Waals surface area (Å²) in [5.41, 5.74) is 2.60. The lowest BCUT2D eigenvalue weighted by Crippen LogP contribution is -1.97. The monoisotopic (exact) mass is 297 g/mol. The molecule has 0 bridgehead atoms. The van der Waals surface area contributed by atoms with Crippen LogP contribution in [0.1, 0.15) is 15.9 Å². The molecule has 0 aromatic heterocycles. The van der Waals surface area contributed by atoms with Gasteiger partial charge in [-0.15, -0.1) is 0 Å². The Kier molecular flexibility index (Phi) is 5.20. The van der Waals surface area contributed by atoms with Crippen LogP contribution in [0.25, 0.3) is 0 Å². The lowest BCUT2D eigenvalue weighted by atomic mass is 10.1. The summed E-state index contributed by atoms with van der Waals surface area (Å²) < 4.78 is 10.4. The van der Waals surface area contributed by atoms with Gasteiger partial charge in [-0.05, 0) is 19.1 Å². The summed E-state index contributed by atoms with van der Waals surface area (Å²) in [4.78, 5) is 12.0. The van der Waals surface area contributed by atoms with Crippen molar-refractivity contribution >= 4 is 11.5 Å². The van der Waals surface area contributed by atoms with Crippen molar-refractivity contribution in [1.82, 2.24) is 0 Å². The molecule has 0 aliphatic rings. The van der Waals surface area contributed by atoms with Crippen LogP contribution in [0.5, 0.6) is 11.5 Å². The van der Waals surface area contributed by atoms with Crippen LogP contribution in [0.15, 0.2) is 54.7 Å². The topological polar surface area (TPSA) is 47.6 Å². The predicted molar refractivity (Wildman–Crippen MR) is 87.8 cm³/mol. The van der Waals surface area contributed by atoms with E-state index in [9.17, 15) is 4.79 Å². The maximum Gasteiger partial charge on any atom is 0.187 e. The SMILES string of the molecule is COc1ccc(NC=CC(=O)c2ccc(C)cc2)cc1OC. The number of aryl methyl sites for hydroxylation is 1. The van der Waals surface area contributed by atoms with Gasteiger partial charge in [-0.3, -0.25) is 4.79 Å². The van der Waals surface area contributed by atoms with Gasteiger partial charge in [0.1, 0.15) is 0 Å². The average Bonchev–Trinajstić information content (AvgIpc) is 2.55. The van der Waals surface area contributed by atoms with Crippen LogP contribution in [0.2, 0.25) is 0 Å². The predicted octanol–water partition coefficient (Wildman–Crippen LogP) is 3.82. The smallest absolute Gasteiger partial charge is 0.187 e. The molecule has 4 heteroatoms. The average molecular weight is 297 g/mol. The molecule has 0 atom stereocenters. The first-order chi connectivity index (χ1) is 10.6. The van der Waals surface area contributed by atoms with Gasteiger partial charge in [0.2, 0.25) is 0 Å². The summed E-state index contributed by atoms with van der Waals surface area (Å²) in [6.07, 6.45) is 3.12. The van der Waals surface area contributed by atoms with Crippen LogP contribution in [-0.4, -0.2) is 20.0 Å². The minimum Gasteiger partial charge on any atom is -0.493 e. The standard InChI is InChI=1S/C18H19NO3/c1-13-4-6-14(7-5-13)16(20)10-11-19-15-8-9-17(21-2)18(12-15)22-3/h4-12,19H,1-3H3. The van der Waals surface area contributed by atoms with E-state index in [1.165, 1.54) is 6.08 Å². The van der Waals surface area contributed by atoms with Gasteiger partial charge >= 0.3 is 0 Å². The highest BCUT2D eigenvalue weighted by molar-refractivity contribution is 6.04. The van der Waals surface area contributed by atoms with Crippen LogP contribution in [0.4, 0.5) is 5.69 Å². The normalized spacial score (nSPS) is 10.5. The van der Waals surface area contributed by atoms with Crippen molar-refractivity contribution in [2.24, 2.45) is 0 Å². The van der Waals surface area contributed by atoms with Crippen LogP contribution < -0.4 is 14.8 Å². The van der Waals surface area contributed by atoms with Gasteiger partial charge in [0.15, 0.2) is 17.3 Å². The zero-order valence-electron chi connectivity index (χ0n) is 12.9. The van der Waals surface area contributed by atoms with Crippen molar-refractivity contribution in [3.8, 4) is 11.5 Å². The van der Waals surface area contributed by atoms with Gasteiger partial charge < -0.3 is 14.8 Å². The molecule has 0 saturated carbocycles. The molecule has 0 unspecified atom stereocenters. The molecule has 2 aromatic rings. The van der Waals surface area contributed by atoms with Crippen molar-refractivity contribution in [1.29, 1.82) is 0 Å². The van der Waals surface area contributed by atoms with Gasteiger partial charge in [0.05, 0.1) is 14.2 Å². The van der Waals surface area contributed by atoms with Crippen LogP contribution in [-0.2, 0) is 0 Å². The molecule has 4 nitrogen and oxygen atoms in total. The number of hydrogen-bond donors (Lipinski definition) is 1. The highest BCUT2D eigenvalue weighted by Crippen LogP contribution is 2.29. The zero-order valence-corrected chi connectivity index (χ0v) is 12.9. The number of carbonyl (C=O) groups is 1. The van der Waals surface area contributed by atoms with E-state index in [1.54, 1.807) is 32.6 Å². The van der Waals surface area contributed by atoms with Gasteiger partial charge in [-0.2, -0.15) is 0 Å². The van der Waals surface area contributed by atoms with E-state index in [1.807, 2.05) is 37.3 Å². The Balaban J connectivity index is 2.03. The fourth-order valence-electron chi connectivity index (χ4n) is 1.95. The Hall–Kier alpha value is -2.75. The number of anilines is 1. The lowest BCUT2D eigenvalue weighted by molar-refractivity contribution is 0.104. The second-order valence-corrected chi connectivity index (χ2v) is 4.78. The van der Waals surface area contributed by atoms with Gasteiger partial charge in [0, 0.05) is 29.6 Å². The molecule has 0 fully saturated rings. The molecule has 0 radical (unpaired) electrons. The summed E-state index contributed by atoms with van der Waals surface area (Å²) in [7, 11) is 3.17. The molecule has 0 aliphatic heterocycles. The molecular formula is C18H19NO3. The first kappa shape index (κ1) is 15.6. The Bertz CT molecular complexity index is 675. The summed E-state index contributed by atoms with van der Waals surface area (Å²) >= 11 is 0. The molecule has 114 valence electrons. The summed E-state index contributed by atoms with van der Waals surface area (Å²) in [5.74, 6) is 1.24. The molecule has 0 spiro atoms. The summed E-state index contributed by atoms with van der Waals surface area (Å²) in [6.45, 7) is 1.99. The summed E-state index contributed by atoms with van der Waals surface area (Å²) in [5, 5.41) is 3.05. The number of carbonyl (C=O) groups excluding carboxylic acids is 1. The van der Waals surface area contributed by atoms with Crippen LogP contribution in [0.3, 0.4) is 0 Å². The number of allylic oxidation sites excluding steroid dienone is 1. The highest BCUT2D eigenvalue weighted by atomic mass is 16.5. The number of benzene rings is 2. The number of ketones is 1. The van der Waals surface area contributed by atoms with Crippen molar-refractivity contribution in [3.63, 3.8) is 0 Å². The lowest BCUT2D eigenvalue weighted by Gasteiger charge is -2.09. The molecule has 0 heterocycles. The van der Waals surface area contributed by atoms with Gasteiger partial charge in [0.25, 0.3) is 0 Å². The minimum absolute atomic E-state index is 0.0482. The maximum atomic E-state index is 12.0. The third-order valence-corrected chi connectivity index (χ3v) is 3.20. The van der Waals surface area contributed by atoms with E-state index in [0.717, 1.165) is 11.3 Å². The number of ether oxygens (including phenoxy) is 2. The maximum absolute atomic E-state index is 12.0. The molecule has 2 aromatic carbocycles. The van der Waals surface area contributed by atoms with Gasteiger partial charge in [-0.1, -0.05) is 29.8 Å². The number of rotatable bonds is 6. The van der Waals surface area contributed by atoms with Crippen molar-refractivity contribution in [2.45, 2.75) is 6.92 Å². The number of nitrogens with one attached hydrogen (secondary N) is 1. The van der Waals surface area contributed by atoms with E-state index >= 15 is 0 Å². The second-order valence-electron chi connectivity index (χ2n) is 4.78. The minimum atomic E-state index is -0.0482. The first-order valence-electron chi connectivity index (χ1n) is 6.90. The molecular weight excluding hydrogens is 278 g/mol. The van der Waals surface area contributed by atoms with Crippen molar-refractivity contribution in [3.05, 3.63) is 65.9 Å². The molecule has 0 amide bonds. The fourth-order valence-corrected chi connectivity index (χ4v) is 1.95. The quantitative estimate of drug-likeness (QED) is 0.650. The highest BCUT2D eigenvalue weighted by Gasteiger charge is 2.04. The Morgan fingerprint density at radius 2 is 1.68 bits per heavy atom. The van der Waals surface area contributed by atoms with E-state index in [0.29, 0.717) is 17.1 Å². The summed E-state index contributed by atoms with van der Waals surface area (Å²) in [6, 6.07) is 12.9. The molecule has 0 saturated heterocycles. The van der Waals surface area contributed by atoms with E-state index < -0.39 is 0 Å². The van der Waals surface area contributed by atoms with Crippen molar-refractivity contribution in [2.75, 3.05) is 19.5 Å². The Labute approximate surface area is 130 Å². The third kappa shape index (κ3) is 3.88. The van der Waals surface area contributed by atoms with Crippen LogP contribution >= 0.6 is 0 Å².